The molecular weight excluding hydrogens is 564 g/mol. The van der Waals surface area contributed by atoms with Gasteiger partial charge >= 0.3 is 11.4 Å². The lowest BCUT2D eigenvalue weighted by Crippen LogP contribution is -2.39. The molecule has 6 rings (SSSR count). The highest BCUT2D eigenvalue weighted by molar-refractivity contribution is 5.49. The van der Waals surface area contributed by atoms with Crippen molar-refractivity contribution in [2.24, 2.45) is 23.2 Å². The minimum absolute atomic E-state index is 0.209. The van der Waals surface area contributed by atoms with Crippen molar-refractivity contribution in [2.75, 3.05) is 19.0 Å². The lowest BCUT2D eigenvalue weighted by molar-refractivity contribution is 0.0596. The van der Waals surface area contributed by atoms with Gasteiger partial charge in [-0.3, -0.25) is 0 Å². The van der Waals surface area contributed by atoms with E-state index in [0.717, 1.165) is 56.2 Å². The molecule has 1 aliphatic heterocycles. The van der Waals surface area contributed by atoms with Crippen molar-refractivity contribution in [3.63, 3.8) is 0 Å². The average Bonchev–Trinajstić information content (AvgIpc) is 3.46. The van der Waals surface area contributed by atoms with Gasteiger partial charge in [-0.2, -0.15) is 0 Å². The number of aliphatic hydroxyl groups is 2. The Labute approximate surface area is 268 Å². The molecule has 1 aromatic heterocycles. The summed E-state index contributed by atoms with van der Waals surface area (Å²) < 4.78 is 4.68. The van der Waals surface area contributed by atoms with Crippen LogP contribution in [-0.4, -0.2) is 49.9 Å². The molecule has 2 N–H and O–H groups in total. The van der Waals surface area contributed by atoms with Gasteiger partial charge in [0.1, 0.15) is 0 Å². The third kappa shape index (κ3) is 5.93. The minimum atomic E-state index is -0.615. The molecule has 2 heterocycles. The maximum Gasteiger partial charge on any atom is 0.352 e. The van der Waals surface area contributed by atoms with Gasteiger partial charge in [0.15, 0.2) is 0 Å². The van der Waals surface area contributed by atoms with Gasteiger partial charge in [-0.15, -0.1) is 0 Å². The van der Waals surface area contributed by atoms with E-state index in [2.05, 4.69) is 19.9 Å². The zero-order valence-corrected chi connectivity index (χ0v) is 28.3. The number of aromatic nitrogens is 3. The fourth-order valence-corrected chi connectivity index (χ4v) is 9.52. The monoisotopic (exact) mass is 618 g/mol. The quantitative estimate of drug-likeness (QED) is 0.355. The number of benzene rings is 1. The summed E-state index contributed by atoms with van der Waals surface area (Å²) in [5.74, 6) is 1.70. The lowest BCUT2D eigenvalue weighted by Gasteiger charge is -2.45. The molecule has 2 aromatic rings. The van der Waals surface area contributed by atoms with Crippen molar-refractivity contribution in [3.05, 3.63) is 68.0 Å². The Kier molecular flexibility index (Phi) is 8.61. The summed E-state index contributed by atoms with van der Waals surface area (Å²) in [4.78, 5) is 30.1. The molecule has 0 bridgehead atoms. The number of anilines is 1. The van der Waals surface area contributed by atoms with Crippen LogP contribution < -0.4 is 16.3 Å². The van der Waals surface area contributed by atoms with E-state index in [1.807, 2.05) is 57.1 Å². The number of rotatable bonds is 8. The molecule has 6 atom stereocenters. The molecule has 246 valence electrons. The molecule has 3 aliphatic carbocycles. The van der Waals surface area contributed by atoms with Gasteiger partial charge in [0.05, 0.1) is 30.0 Å². The Balaban J connectivity index is 1.37. The van der Waals surface area contributed by atoms with Crippen molar-refractivity contribution in [1.29, 1.82) is 0 Å². The van der Waals surface area contributed by atoms with E-state index in [4.69, 9.17) is 0 Å². The van der Waals surface area contributed by atoms with Crippen LogP contribution >= 0.6 is 0 Å². The van der Waals surface area contributed by atoms with E-state index in [9.17, 15) is 19.8 Å². The summed E-state index contributed by atoms with van der Waals surface area (Å²) in [6.45, 7) is 9.12. The smallest absolute Gasteiger partial charge is 0.352 e. The Morgan fingerprint density at radius 2 is 1.82 bits per heavy atom. The zero-order chi connectivity index (χ0) is 32.3. The van der Waals surface area contributed by atoms with Crippen LogP contribution in [0.1, 0.15) is 104 Å². The van der Waals surface area contributed by atoms with Crippen molar-refractivity contribution >= 4 is 5.69 Å². The number of fused-ring (bicyclic) bond motifs is 2. The van der Waals surface area contributed by atoms with Crippen LogP contribution in [0, 0.1) is 23.2 Å². The number of allylic oxidation sites excluding steroid dienone is 3. The Morgan fingerprint density at radius 1 is 1.09 bits per heavy atom. The second-order valence-electron chi connectivity index (χ2n) is 15.7. The van der Waals surface area contributed by atoms with Crippen LogP contribution in [0.15, 0.2) is 56.6 Å². The summed E-state index contributed by atoms with van der Waals surface area (Å²) >= 11 is 0. The number of hydrogen-bond donors (Lipinski definition) is 2. The molecular formula is C37H54N4O4. The summed E-state index contributed by atoms with van der Waals surface area (Å²) in [6, 6.07) is 7.22. The third-order valence-corrected chi connectivity index (χ3v) is 11.9. The van der Waals surface area contributed by atoms with Gasteiger partial charge in [0.25, 0.3) is 0 Å². The largest absolute Gasteiger partial charge is 0.393 e. The maximum absolute atomic E-state index is 14.2. The predicted molar refractivity (Wildman–Crippen MR) is 180 cm³/mol. The Hall–Kier alpha value is -2.84. The van der Waals surface area contributed by atoms with Crippen molar-refractivity contribution < 1.29 is 10.2 Å². The number of hydrogen-bond acceptors (Lipinski definition) is 5. The van der Waals surface area contributed by atoms with Gasteiger partial charge in [0, 0.05) is 19.8 Å². The summed E-state index contributed by atoms with van der Waals surface area (Å²) in [7, 11) is 3.94. The molecule has 45 heavy (non-hydrogen) atoms. The van der Waals surface area contributed by atoms with Gasteiger partial charge in [-0.25, -0.2) is 23.5 Å². The SMILES string of the molecule is C[C@H](CCCC(C)(C)O)[C@H]1CC[C@H]2/C(=C/C3C4=C(CC[C@H](O)C4)Cn4c(=O)n(-c5ccc(N(C)C)cc5)c(=O)n43)CCC[C@]12C. The zero-order valence-electron chi connectivity index (χ0n) is 28.3. The van der Waals surface area contributed by atoms with E-state index in [0.29, 0.717) is 42.8 Å². The van der Waals surface area contributed by atoms with Crippen LogP contribution in [0.3, 0.4) is 0 Å². The van der Waals surface area contributed by atoms with Crippen molar-refractivity contribution in [1.82, 2.24) is 13.9 Å². The summed E-state index contributed by atoms with van der Waals surface area (Å²) in [5, 5.41) is 21.0. The average molecular weight is 619 g/mol. The number of aliphatic hydroxyl groups excluding tert-OH is 1. The molecule has 2 saturated carbocycles. The van der Waals surface area contributed by atoms with E-state index >= 15 is 0 Å². The molecule has 8 heteroatoms. The Morgan fingerprint density at radius 3 is 2.51 bits per heavy atom. The van der Waals surface area contributed by atoms with Crippen molar-refractivity contribution in [3.8, 4) is 5.69 Å². The minimum Gasteiger partial charge on any atom is -0.393 e. The van der Waals surface area contributed by atoms with Gasteiger partial charge in [-0.1, -0.05) is 38.3 Å². The van der Waals surface area contributed by atoms with E-state index in [1.54, 1.807) is 9.36 Å². The summed E-state index contributed by atoms with van der Waals surface area (Å²) in [6.07, 6.45) is 12.7. The van der Waals surface area contributed by atoms with E-state index in [1.165, 1.54) is 28.6 Å². The highest BCUT2D eigenvalue weighted by Gasteiger charge is 2.51. The highest BCUT2D eigenvalue weighted by Crippen LogP contribution is 2.60. The first-order valence-corrected chi connectivity index (χ1v) is 17.3. The normalized spacial score (nSPS) is 29.8. The van der Waals surface area contributed by atoms with Gasteiger partial charge < -0.3 is 15.1 Å². The molecule has 0 spiro atoms. The molecule has 1 unspecified atom stereocenters. The predicted octanol–water partition coefficient (Wildman–Crippen LogP) is 5.98. The molecule has 2 fully saturated rings. The Bertz CT molecular complexity index is 1580. The second-order valence-corrected chi connectivity index (χ2v) is 15.7. The fourth-order valence-electron chi connectivity index (χ4n) is 9.52. The first-order valence-electron chi connectivity index (χ1n) is 17.3. The summed E-state index contributed by atoms with van der Waals surface area (Å²) in [5.41, 5.74) is 4.34. The second kappa shape index (κ2) is 12.1. The van der Waals surface area contributed by atoms with Crippen LogP contribution in [0.25, 0.3) is 5.69 Å². The lowest BCUT2D eigenvalue weighted by atomic mass is 9.60. The molecule has 4 aliphatic rings. The number of nitrogens with zero attached hydrogens (tertiary/aromatic N) is 4. The highest BCUT2D eigenvalue weighted by atomic mass is 16.3. The first-order chi connectivity index (χ1) is 21.3. The molecule has 0 amide bonds. The standard InChI is InChI=1S/C37H54N4O4/c1-24(9-7-19-36(2,3)45)31-17-18-32-25(10-8-20-37(31,32)4)21-33-30-22-29(42)16-11-26(30)23-39-34(43)40(35(44)41(33)39)28-14-12-27(13-15-28)38(5)6/h12-15,21,24,29,31-33,42,45H,7-11,16-20,22-23H2,1-6H3/b25-21+/t24-,29+,31-,32+,33?,37-/m1/s1. The third-order valence-electron chi connectivity index (χ3n) is 11.9. The fraction of sp³-hybridized carbons (Fsp3) is 0.676. The maximum atomic E-state index is 14.2. The molecule has 0 radical (unpaired) electrons. The topological polar surface area (TPSA) is 92.6 Å². The van der Waals surface area contributed by atoms with Crippen LogP contribution in [0.5, 0.6) is 0 Å². The van der Waals surface area contributed by atoms with Crippen molar-refractivity contribution in [2.45, 2.75) is 123 Å². The van der Waals surface area contributed by atoms with Gasteiger partial charge in [-0.05, 0) is 130 Å². The van der Waals surface area contributed by atoms with E-state index < -0.39 is 11.7 Å². The van der Waals surface area contributed by atoms with Crippen LogP contribution in [0.2, 0.25) is 0 Å². The van der Waals surface area contributed by atoms with Crippen LogP contribution in [-0.2, 0) is 6.54 Å². The van der Waals surface area contributed by atoms with Gasteiger partial charge in [0.2, 0.25) is 0 Å². The molecule has 8 nitrogen and oxygen atoms in total. The molecule has 1 aromatic carbocycles. The van der Waals surface area contributed by atoms with E-state index in [-0.39, 0.29) is 22.8 Å². The van der Waals surface area contributed by atoms with Crippen LogP contribution in [0.4, 0.5) is 5.69 Å². The molecule has 0 saturated heterocycles. The first kappa shape index (κ1) is 32.1.